The van der Waals surface area contributed by atoms with Crippen LogP contribution in [0.2, 0.25) is 23.3 Å². The number of aromatic nitrogens is 1. The van der Waals surface area contributed by atoms with Crippen LogP contribution in [0, 0.1) is 0 Å². The molecule has 1 aromatic heterocycles. The van der Waals surface area contributed by atoms with Crippen LogP contribution in [0.15, 0.2) is 12.1 Å². The van der Waals surface area contributed by atoms with Crippen LogP contribution in [-0.4, -0.2) is 42.3 Å². The van der Waals surface area contributed by atoms with Crippen molar-refractivity contribution in [2.45, 2.75) is 76.9 Å². The van der Waals surface area contributed by atoms with E-state index in [9.17, 15) is 4.55 Å². The Morgan fingerprint density at radius 3 is 2.50 bits per heavy atom. The molecule has 1 aliphatic heterocycles. The number of hydrogen-bond donors (Lipinski definition) is 1. The van der Waals surface area contributed by atoms with Crippen molar-refractivity contribution in [1.82, 2.24) is 9.71 Å². The van der Waals surface area contributed by atoms with Gasteiger partial charge in [-0.1, -0.05) is 38.4 Å². The molecule has 1 N–H and O–H groups in total. The Hall–Kier alpha value is -0.313. The van der Waals surface area contributed by atoms with Crippen LogP contribution >= 0.6 is 11.6 Å². The molecular formula is C20H36ClN3O2SSi. The minimum absolute atomic E-state index is 0.0115. The topological polar surface area (TPSA) is 60.5 Å². The van der Waals surface area contributed by atoms with E-state index in [4.69, 9.17) is 16.0 Å². The Balaban J connectivity index is 2.12. The molecular weight excluding hydrogens is 410 g/mol. The van der Waals surface area contributed by atoms with Gasteiger partial charge in [0.2, 0.25) is 0 Å². The van der Waals surface area contributed by atoms with Gasteiger partial charge in [0, 0.05) is 30.0 Å². The van der Waals surface area contributed by atoms with Crippen molar-refractivity contribution in [3.8, 4) is 0 Å². The lowest BCUT2D eigenvalue weighted by molar-refractivity contribution is 0.292. The SMILES string of the molecule is CC(C)(C)[S+]([O-])NC1CCN(CCO[Si](C)(C)C(C)(C)C)c2nc(Cl)ccc21. The fourth-order valence-corrected chi connectivity index (χ4v) is 4.82. The second-order valence-electron chi connectivity index (χ2n) is 9.98. The highest BCUT2D eigenvalue weighted by atomic mass is 35.5. The average molecular weight is 446 g/mol. The highest BCUT2D eigenvalue weighted by Crippen LogP contribution is 2.37. The molecule has 2 atom stereocenters. The zero-order chi connectivity index (χ0) is 21.3. The summed E-state index contributed by atoms with van der Waals surface area (Å²) in [5.74, 6) is 0.876. The number of hydrogen-bond acceptors (Lipinski definition) is 5. The molecule has 0 fully saturated rings. The molecule has 5 nitrogen and oxygen atoms in total. The first kappa shape index (κ1) is 24.0. The molecule has 2 heterocycles. The smallest absolute Gasteiger partial charge is 0.192 e. The molecule has 0 aromatic carbocycles. The van der Waals surface area contributed by atoms with E-state index in [0.717, 1.165) is 30.9 Å². The van der Waals surface area contributed by atoms with Gasteiger partial charge in [0.05, 0.1) is 12.6 Å². The van der Waals surface area contributed by atoms with Crippen molar-refractivity contribution < 1.29 is 8.98 Å². The Morgan fingerprint density at radius 1 is 1.29 bits per heavy atom. The number of pyridine rings is 1. The van der Waals surface area contributed by atoms with E-state index in [-0.39, 0.29) is 15.8 Å². The Bertz CT molecular complexity index is 676. The molecule has 0 aliphatic carbocycles. The van der Waals surface area contributed by atoms with Crippen LogP contribution in [0.1, 0.15) is 59.6 Å². The lowest BCUT2D eigenvalue weighted by Gasteiger charge is -2.39. The molecule has 0 amide bonds. The van der Waals surface area contributed by atoms with Gasteiger partial charge in [-0.05, 0) is 51.4 Å². The predicted octanol–water partition coefficient (Wildman–Crippen LogP) is 5.06. The van der Waals surface area contributed by atoms with Gasteiger partial charge in [0.15, 0.2) is 8.32 Å². The second-order valence-corrected chi connectivity index (χ2v) is 17.2. The number of halogens is 1. The quantitative estimate of drug-likeness (QED) is 0.376. The fourth-order valence-electron chi connectivity index (χ4n) is 2.78. The van der Waals surface area contributed by atoms with Crippen LogP contribution in [-0.2, 0) is 15.8 Å². The van der Waals surface area contributed by atoms with E-state index in [0.29, 0.717) is 11.8 Å². The number of rotatable bonds is 6. The molecule has 160 valence electrons. The number of nitrogens with zero attached hydrogens (tertiary/aromatic N) is 2. The Kier molecular flexibility index (Phi) is 7.55. The van der Waals surface area contributed by atoms with Crippen molar-refractivity contribution in [3.63, 3.8) is 0 Å². The van der Waals surface area contributed by atoms with Gasteiger partial charge in [-0.3, -0.25) is 0 Å². The van der Waals surface area contributed by atoms with Crippen molar-refractivity contribution in [2.24, 2.45) is 0 Å². The summed E-state index contributed by atoms with van der Waals surface area (Å²) in [4.78, 5) is 6.83. The number of nitrogens with one attached hydrogen (secondary N) is 1. The minimum atomic E-state index is -1.77. The molecule has 2 rings (SSSR count). The molecule has 0 saturated carbocycles. The summed E-state index contributed by atoms with van der Waals surface area (Å²) in [6.07, 6.45) is 0.873. The van der Waals surface area contributed by atoms with E-state index in [1.165, 1.54) is 0 Å². The van der Waals surface area contributed by atoms with E-state index < -0.39 is 19.7 Å². The first-order chi connectivity index (χ1) is 12.7. The van der Waals surface area contributed by atoms with Gasteiger partial charge in [-0.25, -0.2) is 4.98 Å². The van der Waals surface area contributed by atoms with Crippen LogP contribution < -0.4 is 9.62 Å². The van der Waals surface area contributed by atoms with Crippen molar-refractivity contribution in [1.29, 1.82) is 0 Å². The summed E-state index contributed by atoms with van der Waals surface area (Å²) in [7, 11) is -1.77. The number of fused-ring (bicyclic) bond motifs is 1. The van der Waals surface area contributed by atoms with E-state index in [1.807, 2.05) is 32.9 Å². The molecule has 0 bridgehead atoms. The molecule has 0 saturated heterocycles. The summed E-state index contributed by atoms with van der Waals surface area (Å²) in [5, 5.41) is 0.673. The monoisotopic (exact) mass is 445 g/mol. The Labute approximate surface area is 180 Å². The zero-order valence-corrected chi connectivity index (χ0v) is 21.1. The summed E-state index contributed by atoms with van der Waals surface area (Å²) in [6, 6.07) is 3.82. The Morgan fingerprint density at radius 2 is 1.93 bits per heavy atom. The molecule has 1 aromatic rings. The van der Waals surface area contributed by atoms with E-state index in [2.05, 4.69) is 48.5 Å². The van der Waals surface area contributed by atoms with Gasteiger partial charge in [0.25, 0.3) is 0 Å². The lowest BCUT2D eigenvalue weighted by Crippen LogP contribution is -2.46. The highest BCUT2D eigenvalue weighted by molar-refractivity contribution is 7.90. The lowest BCUT2D eigenvalue weighted by atomic mass is 10.0. The molecule has 0 radical (unpaired) electrons. The third kappa shape index (κ3) is 5.86. The third-order valence-electron chi connectivity index (χ3n) is 5.67. The summed E-state index contributed by atoms with van der Waals surface area (Å²) < 4.78 is 21.9. The normalized spacial score (nSPS) is 19.5. The van der Waals surface area contributed by atoms with Gasteiger partial charge < -0.3 is 13.9 Å². The maximum absolute atomic E-state index is 12.6. The zero-order valence-electron chi connectivity index (χ0n) is 18.6. The highest BCUT2D eigenvalue weighted by Gasteiger charge is 2.38. The molecule has 1 aliphatic rings. The van der Waals surface area contributed by atoms with Crippen molar-refractivity contribution >= 4 is 37.1 Å². The fraction of sp³-hybridized carbons (Fsp3) is 0.750. The minimum Gasteiger partial charge on any atom is -0.598 e. The van der Waals surface area contributed by atoms with Crippen molar-refractivity contribution in [2.75, 3.05) is 24.6 Å². The van der Waals surface area contributed by atoms with Crippen LogP contribution in [0.4, 0.5) is 5.82 Å². The maximum Gasteiger partial charge on any atom is 0.192 e. The second kappa shape index (κ2) is 8.82. The van der Waals surface area contributed by atoms with Gasteiger partial charge in [-0.2, -0.15) is 0 Å². The molecule has 2 unspecified atom stereocenters. The van der Waals surface area contributed by atoms with Gasteiger partial charge in [-0.15, -0.1) is 4.72 Å². The summed E-state index contributed by atoms with van der Waals surface area (Å²) >= 11 is 5.06. The summed E-state index contributed by atoms with van der Waals surface area (Å²) in [6.45, 7) is 19.5. The standard InChI is InChI=1S/C20H36ClN3O2SSi/c1-19(2,3)27(25)23-16-11-12-24(18-15(16)9-10-17(21)22-18)13-14-26-28(7,8)20(4,5)6/h9-10,16,23H,11-14H2,1-8H3. The third-order valence-corrected chi connectivity index (χ3v) is 12.0. The van der Waals surface area contributed by atoms with Gasteiger partial charge in [0.1, 0.15) is 15.7 Å². The molecule has 28 heavy (non-hydrogen) atoms. The van der Waals surface area contributed by atoms with E-state index >= 15 is 0 Å². The molecule has 8 heteroatoms. The molecule has 0 spiro atoms. The number of anilines is 1. The average Bonchev–Trinajstić information content (AvgIpc) is 2.54. The predicted molar refractivity (Wildman–Crippen MR) is 123 cm³/mol. The van der Waals surface area contributed by atoms with Crippen LogP contribution in [0.25, 0.3) is 0 Å². The van der Waals surface area contributed by atoms with Gasteiger partial charge >= 0.3 is 0 Å². The van der Waals surface area contributed by atoms with Crippen LogP contribution in [0.5, 0.6) is 0 Å². The first-order valence-electron chi connectivity index (χ1n) is 9.96. The van der Waals surface area contributed by atoms with Crippen LogP contribution in [0.3, 0.4) is 0 Å². The summed E-state index contributed by atoms with van der Waals surface area (Å²) in [5.41, 5.74) is 1.06. The largest absolute Gasteiger partial charge is 0.598 e. The first-order valence-corrected chi connectivity index (χ1v) is 14.4. The van der Waals surface area contributed by atoms with Crippen molar-refractivity contribution in [3.05, 3.63) is 22.8 Å². The maximum atomic E-state index is 12.6. The van der Waals surface area contributed by atoms with E-state index in [1.54, 1.807) is 0 Å².